The second-order valence-corrected chi connectivity index (χ2v) is 5.57. The van der Waals surface area contributed by atoms with Gasteiger partial charge in [0.05, 0.1) is 5.92 Å². The van der Waals surface area contributed by atoms with Gasteiger partial charge in [0.15, 0.2) is 0 Å². The summed E-state index contributed by atoms with van der Waals surface area (Å²) in [5, 5.41) is 0. The summed E-state index contributed by atoms with van der Waals surface area (Å²) < 4.78 is 5.53. The van der Waals surface area contributed by atoms with Crippen molar-refractivity contribution in [3.8, 4) is 0 Å². The fraction of sp³-hybridized carbons (Fsp3) is 0.769. The summed E-state index contributed by atoms with van der Waals surface area (Å²) >= 11 is 0. The molecule has 82 valence electrons. The Morgan fingerprint density at radius 1 is 1.33 bits per heavy atom. The predicted molar refractivity (Wildman–Crippen MR) is 57.2 cm³/mol. The molecule has 4 atom stereocenters. The Balaban J connectivity index is 1.98. The van der Waals surface area contributed by atoms with E-state index in [1.807, 2.05) is 0 Å². The molecule has 0 aromatic rings. The monoisotopic (exact) mass is 206 g/mol. The molecule has 2 aliphatic heterocycles. The maximum atomic E-state index is 11.8. The maximum Gasteiger partial charge on any atom is 0.309 e. The molecule has 4 rings (SSSR count). The van der Waals surface area contributed by atoms with Crippen LogP contribution in [0.25, 0.3) is 0 Å². The van der Waals surface area contributed by atoms with Crippen LogP contribution in [0.4, 0.5) is 0 Å². The van der Waals surface area contributed by atoms with E-state index in [0.29, 0.717) is 0 Å². The SMILES string of the molecule is C/C=C\C12CC3CC(C1)OC(=O)C(C3)C2. The molecule has 4 unspecified atom stereocenters. The molecular formula is C13H18O2. The second kappa shape index (κ2) is 3.10. The molecular weight excluding hydrogens is 188 g/mol. The van der Waals surface area contributed by atoms with Gasteiger partial charge in [0.1, 0.15) is 6.10 Å². The zero-order valence-corrected chi connectivity index (χ0v) is 9.24. The summed E-state index contributed by atoms with van der Waals surface area (Å²) in [6, 6.07) is 0. The summed E-state index contributed by atoms with van der Waals surface area (Å²) in [6.45, 7) is 2.08. The molecule has 4 bridgehead atoms. The third kappa shape index (κ3) is 1.42. The summed E-state index contributed by atoms with van der Waals surface area (Å²) in [4.78, 5) is 11.8. The van der Waals surface area contributed by atoms with Gasteiger partial charge >= 0.3 is 5.97 Å². The highest BCUT2D eigenvalue weighted by atomic mass is 16.5. The number of allylic oxidation sites excluding steroid dienone is 2. The first-order chi connectivity index (χ1) is 7.21. The second-order valence-electron chi connectivity index (χ2n) is 5.57. The van der Waals surface area contributed by atoms with Crippen molar-refractivity contribution in [3.63, 3.8) is 0 Å². The van der Waals surface area contributed by atoms with Crippen LogP contribution in [0.1, 0.15) is 39.0 Å². The highest BCUT2D eigenvalue weighted by Crippen LogP contribution is 2.55. The van der Waals surface area contributed by atoms with Crippen LogP contribution in [0.3, 0.4) is 0 Å². The van der Waals surface area contributed by atoms with Crippen molar-refractivity contribution in [1.29, 1.82) is 0 Å². The largest absolute Gasteiger partial charge is 0.462 e. The number of carbonyl (C=O) groups is 1. The van der Waals surface area contributed by atoms with Crippen molar-refractivity contribution >= 4 is 5.97 Å². The van der Waals surface area contributed by atoms with Gasteiger partial charge in [-0.15, -0.1) is 0 Å². The van der Waals surface area contributed by atoms with Gasteiger partial charge in [-0.2, -0.15) is 0 Å². The third-order valence-corrected chi connectivity index (χ3v) is 4.33. The fourth-order valence-corrected chi connectivity index (χ4v) is 4.06. The van der Waals surface area contributed by atoms with E-state index < -0.39 is 0 Å². The minimum atomic E-state index is 0.0774. The number of fused-ring (bicyclic) bond motifs is 1. The van der Waals surface area contributed by atoms with Gasteiger partial charge in [-0.25, -0.2) is 0 Å². The van der Waals surface area contributed by atoms with Crippen molar-refractivity contribution in [3.05, 3.63) is 12.2 Å². The molecule has 2 saturated carbocycles. The van der Waals surface area contributed by atoms with Crippen LogP contribution in [-0.2, 0) is 9.53 Å². The van der Waals surface area contributed by atoms with Gasteiger partial charge in [0, 0.05) is 0 Å². The van der Waals surface area contributed by atoms with E-state index in [-0.39, 0.29) is 23.4 Å². The summed E-state index contributed by atoms with van der Waals surface area (Å²) in [5.41, 5.74) is 0.289. The van der Waals surface area contributed by atoms with Crippen molar-refractivity contribution in [2.75, 3.05) is 0 Å². The predicted octanol–water partition coefficient (Wildman–Crippen LogP) is 2.68. The number of hydrogen-bond acceptors (Lipinski definition) is 2. The Bertz CT molecular complexity index is 320. The third-order valence-electron chi connectivity index (χ3n) is 4.33. The van der Waals surface area contributed by atoms with E-state index in [2.05, 4.69) is 19.1 Å². The van der Waals surface area contributed by atoms with E-state index in [1.54, 1.807) is 0 Å². The Morgan fingerprint density at radius 3 is 3.00 bits per heavy atom. The quantitative estimate of drug-likeness (QED) is 0.487. The molecule has 0 spiro atoms. The lowest BCUT2D eigenvalue weighted by atomic mass is 9.59. The topological polar surface area (TPSA) is 26.3 Å². The van der Waals surface area contributed by atoms with Crippen LogP contribution in [-0.4, -0.2) is 12.1 Å². The van der Waals surface area contributed by atoms with E-state index in [9.17, 15) is 4.79 Å². The summed E-state index contributed by atoms with van der Waals surface area (Å²) in [7, 11) is 0. The molecule has 0 aromatic carbocycles. The zero-order valence-electron chi connectivity index (χ0n) is 9.24. The molecule has 2 heterocycles. The average molecular weight is 206 g/mol. The number of ether oxygens (including phenoxy) is 1. The van der Waals surface area contributed by atoms with Crippen molar-refractivity contribution < 1.29 is 9.53 Å². The van der Waals surface area contributed by atoms with Crippen LogP contribution in [0.2, 0.25) is 0 Å². The smallest absolute Gasteiger partial charge is 0.309 e. The molecule has 15 heavy (non-hydrogen) atoms. The first-order valence-electron chi connectivity index (χ1n) is 6.05. The van der Waals surface area contributed by atoms with Crippen LogP contribution in [0.5, 0.6) is 0 Å². The lowest BCUT2D eigenvalue weighted by Crippen LogP contribution is -2.38. The Hall–Kier alpha value is -0.790. The van der Waals surface area contributed by atoms with E-state index in [4.69, 9.17) is 4.74 Å². The lowest BCUT2D eigenvalue weighted by molar-refractivity contribution is -0.151. The number of esters is 1. The minimum absolute atomic E-state index is 0.0774. The van der Waals surface area contributed by atoms with E-state index in [1.165, 1.54) is 6.42 Å². The molecule has 0 N–H and O–H groups in total. The average Bonchev–Trinajstić information content (AvgIpc) is 2.29. The van der Waals surface area contributed by atoms with Crippen LogP contribution in [0.15, 0.2) is 12.2 Å². The molecule has 2 heteroatoms. The molecule has 2 saturated heterocycles. The summed E-state index contributed by atoms with van der Waals surface area (Å²) in [5.74, 6) is 0.992. The Labute approximate surface area is 90.7 Å². The van der Waals surface area contributed by atoms with Crippen LogP contribution in [0, 0.1) is 17.3 Å². The fourth-order valence-electron chi connectivity index (χ4n) is 4.06. The standard InChI is InChI=1S/C13H18O2/c1-2-3-13-6-9-4-10(7-13)12(14)15-11(5-9)8-13/h2-3,9-11H,4-8H2,1H3/b3-2-. The van der Waals surface area contributed by atoms with Crippen LogP contribution < -0.4 is 0 Å². The summed E-state index contributed by atoms with van der Waals surface area (Å²) in [6.07, 6.45) is 10.3. The molecule has 0 aromatic heterocycles. The first kappa shape index (κ1) is 9.44. The first-order valence-corrected chi connectivity index (χ1v) is 6.05. The molecule has 4 aliphatic rings. The van der Waals surface area contributed by atoms with Gasteiger partial charge in [0.2, 0.25) is 0 Å². The van der Waals surface area contributed by atoms with Gasteiger partial charge in [-0.3, -0.25) is 4.79 Å². The van der Waals surface area contributed by atoms with Gasteiger partial charge in [0.25, 0.3) is 0 Å². The number of rotatable bonds is 1. The number of hydrogen-bond donors (Lipinski definition) is 0. The zero-order chi connectivity index (χ0) is 10.5. The van der Waals surface area contributed by atoms with Gasteiger partial charge in [-0.05, 0) is 50.4 Å². The van der Waals surface area contributed by atoms with Crippen molar-refractivity contribution in [2.24, 2.45) is 17.3 Å². The molecule has 0 amide bonds. The normalized spacial score (nSPS) is 48.3. The molecule has 0 radical (unpaired) electrons. The van der Waals surface area contributed by atoms with E-state index >= 15 is 0 Å². The molecule has 2 nitrogen and oxygen atoms in total. The van der Waals surface area contributed by atoms with Crippen LogP contribution >= 0.6 is 0 Å². The van der Waals surface area contributed by atoms with Crippen molar-refractivity contribution in [2.45, 2.75) is 45.1 Å². The van der Waals surface area contributed by atoms with Gasteiger partial charge in [-0.1, -0.05) is 12.2 Å². The highest BCUT2D eigenvalue weighted by Gasteiger charge is 2.51. The number of carbonyl (C=O) groups excluding carboxylic acids is 1. The van der Waals surface area contributed by atoms with Gasteiger partial charge < -0.3 is 4.74 Å². The Morgan fingerprint density at radius 2 is 2.20 bits per heavy atom. The minimum Gasteiger partial charge on any atom is -0.462 e. The lowest BCUT2D eigenvalue weighted by Gasteiger charge is -2.44. The molecule has 4 fully saturated rings. The maximum absolute atomic E-state index is 11.8. The highest BCUT2D eigenvalue weighted by molar-refractivity contribution is 5.73. The van der Waals surface area contributed by atoms with Crippen molar-refractivity contribution in [1.82, 2.24) is 0 Å². The van der Waals surface area contributed by atoms with E-state index in [0.717, 1.165) is 31.6 Å². The molecule has 2 aliphatic carbocycles. The Kier molecular flexibility index (Phi) is 1.95.